The number of hydrogen-bond acceptors (Lipinski definition) is 3. The highest BCUT2D eigenvalue weighted by Gasteiger charge is 2.28. The van der Waals surface area contributed by atoms with E-state index in [9.17, 15) is 9.59 Å². The highest BCUT2D eigenvalue weighted by Crippen LogP contribution is 2.20. The van der Waals surface area contributed by atoms with Gasteiger partial charge in [0.1, 0.15) is 11.8 Å². The molecule has 0 heterocycles. The topological polar surface area (TPSA) is 58.6 Å². The van der Waals surface area contributed by atoms with Crippen molar-refractivity contribution in [3.63, 3.8) is 0 Å². The third-order valence-electron chi connectivity index (χ3n) is 5.75. The zero-order chi connectivity index (χ0) is 22.9. The lowest BCUT2D eigenvalue weighted by Gasteiger charge is -2.30. The molecule has 1 atom stereocenters. The molecule has 3 rings (SSSR count). The molecule has 32 heavy (non-hydrogen) atoms. The molecule has 2 aromatic carbocycles. The Morgan fingerprint density at radius 2 is 1.62 bits per heavy atom. The smallest absolute Gasteiger partial charge is 0.242 e. The lowest BCUT2D eigenvalue weighted by molar-refractivity contribution is -0.141. The third kappa shape index (κ3) is 7.42. The van der Waals surface area contributed by atoms with Crippen LogP contribution in [0.15, 0.2) is 48.5 Å². The van der Waals surface area contributed by atoms with Gasteiger partial charge in [0.25, 0.3) is 0 Å². The molecule has 2 amide bonds. The normalized spacial score (nSPS) is 14.7. The summed E-state index contributed by atoms with van der Waals surface area (Å²) in [7, 11) is 0. The van der Waals surface area contributed by atoms with E-state index < -0.39 is 6.04 Å². The standard InChI is InChI=1S/C25H30Cl2N2O3/c1-18(25(31)28-22-5-2-3-6-22)29(17-19-8-10-20(26)11-9-19)24(30)7-4-16-32-23-14-12-21(27)13-15-23/h8-15,18,22H,2-7,16-17H2,1H3,(H,28,31)/t18-/m0/s1. The first-order chi connectivity index (χ1) is 15.4. The van der Waals surface area contributed by atoms with Crippen molar-refractivity contribution in [2.24, 2.45) is 0 Å². The van der Waals surface area contributed by atoms with Crippen LogP contribution in [0, 0.1) is 0 Å². The highest BCUT2D eigenvalue weighted by atomic mass is 35.5. The number of nitrogens with zero attached hydrogens (tertiary/aromatic N) is 1. The Labute approximate surface area is 200 Å². The van der Waals surface area contributed by atoms with Crippen LogP contribution in [0.2, 0.25) is 10.0 Å². The molecule has 1 N–H and O–H groups in total. The minimum atomic E-state index is -0.559. The molecule has 7 heteroatoms. The lowest BCUT2D eigenvalue weighted by Crippen LogP contribution is -2.49. The summed E-state index contributed by atoms with van der Waals surface area (Å²) in [5.41, 5.74) is 0.931. The molecule has 1 aliphatic rings. The predicted molar refractivity (Wildman–Crippen MR) is 128 cm³/mol. The first kappa shape index (κ1) is 24.4. The van der Waals surface area contributed by atoms with Crippen LogP contribution < -0.4 is 10.1 Å². The van der Waals surface area contributed by atoms with E-state index >= 15 is 0 Å². The second kappa shape index (κ2) is 12.1. The summed E-state index contributed by atoms with van der Waals surface area (Å²) < 4.78 is 5.70. The second-order valence-electron chi connectivity index (χ2n) is 8.22. The Morgan fingerprint density at radius 1 is 1.03 bits per heavy atom. The van der Waals surface area contributed by atoms with Gasteiger partial charge in [0.15, 0.2) is 0 Å². The van der Waals surface area contributed by atoms with Crippen LogP contribution in [0.25, 0.3) is 0 Å². The molecule has 0 saturated heterocycles. The van der Waals surface area contributed by atoms with Crippen LogP contribution >= 0.6 is 23.2 Å². The minimum Gasteiger partial charge on any atom is -0.494 e. The molecule has 0 spiro atoms. The van der Waals surface area contributed by atoms with Gasteiger partial charge in [-0.25, -0.2) is 0 Å². The number of benzene rings is 2. The average molecular weight is 477 g/mol. The molecule has 1 fully saturated rings. The summed E-state index contributed by atoms with van der Waals surface area (Å²) in [5, 5.41) is 4.40. The van der Waals surface area contributed by atoms with Crippen LogP contribution in [-0.2, 0) is 16.1 Å². The number of carbonyl (C=O) groups excluding carboxylic acids is 2. The van der Waals surface area contributed by atoms with Crippen molar-refractivity contribution < 1.29 is 14.3 Å². The van der Waals surface area contributed by atoms with E-state index in [-0.39, 0.29) is 17.9 Å². The van der Waals surface area contributed by atoms with Crippen molar-refractivity contribution >= 4 is 35.0 Å². The number of hydrogen-bond donors (Lipinski definition) is 1. The Kier molecular flexibility index (Phi) is 9.24. The van der Waals surface area contributed by atoms with Gasteiger partial charge in [0, 0.05) is 29.1 Å². The summed E-state index contributed by atoms with van der Waals surface area (Å²) >= 11 is 11.9. The Morgan fingerprint density at radius 3 is 2.25 bits per heavy atom. The van der Waals surface area contributed by atoms with Crippen LogP contribution in [0.3, 0.4) is 0 Å². The van der Waals surface area contributed by atoms with Crippen LogP contribution in [0.5, 0.6) is 5.75 Å². The van der Waals surface area contributed by atoms with Crippen molar-refractivity contribution in [1.29, 1.82) is 0 Å². The van der Waals surface area contributed by atoms with Crippen molar-refractivity contribution in [2.45, 2.75) is 64.1 Å². The maximum Gasteiger partial charge on any atom is 0.242 e. The van der Waals surface area contributed by atoms with Crippen molar-refractivity contribution in [1.82, 2.24) is 10.2 Å². The molecule has 1 saturated carbocycles. The van der Waals surface area contributed by atoms with Gasteiger partial charge >= 0.3 is 0 Å². The Hall–Kier alpha value is -2.24. The van der Waals surface area contributed by atoms with Gasteiger partial charge < -0.3 is 15.0 Å². The molecule has 0 radical (unpaired) electrons. The Balaban J connectivity index is 1.59. The van der Waals surface area contributed by atoms with Gasteiger partial charge in [0.2, 0.25) is 11.8 Å². The minimum absolute atomic E-state index is 0.0753. The fourth-order valence-corrected chi connectivity index (χ4v) is 4.10. The Bertz CT molecular complexity index is 881. The van der Waals surface area contributed by atoms with E-state index in [0.29, 0.717) is 41.8 Å². The summed E-state index contributed by atoms with van der Waals surface area (Å²) in [6.45, 7) is 2.56. The van der Waals surface area contributed by atoms with Gasteiger partial charge in [0.05, 0.1) is 6.61 Å². The van der Waals surface area contributed by atoms with Gasteiger partial charge in [-0.1, -0.05) is 48.2 Å². The summed E-state index contributed by atoms with van der Waals surface area (Å²) in [6.07, 6.45) is 5.13. The second-order valence-corrected chi connectivity index (χ2v) is 9.09. The molecule has 172 valence electrons. The molecule has 5 nitrogen and oxygen atoms in total. The summed E-state index contributed by atoms with van der Waals surface area (Å²) in [6, 6.07) is 14.1. The van der Waals surface area contributed by atoms with E-state index in [0.717, 1.165) is 31.2 Å². The monoisotopic (exact) mass is 476 g/mol. The van der Waals surface area contributed by atoms with Gasteiger partial charge in [-0.3, -0.25) is 9.59 Å². The van der Waals surface area contributed by atoms with Crippen molar-refractivity contribution in [2.75, 3.05) is 6.61 Å². The number of ether oxygens (including phenoxy) is 1. The van der Waals surface area contributed by atoms with E-state index in [4.69, 9.17) is 27.9 Å². The fraction of sp³-hybridized carbons (Fsp3) is 0.440. The van der Waals surface area contributed by atoms with E-state index in [2.05, 4.69) is 5.32 Å². The van der Waals surface area contributed by atoms with Crippen LogP contribution in [0.1, 0.15) is 51.0 Å². The molecule has 1 aliphatic carbocycles. The molecular formula is C25H30Cl2N2O3. The van der Waals surface area contributed by atoms with Crippen LogP contribution in [-0.4, -0.2) is 35.4 Å². The average Bonchev–Trinajstić information content (AvgIpc) is 3.30. The van der Waals surface area contributed by atoms with Crippen molar-refractivity contribution in [3.8, 4) is 5.75 Å². The number of carbonyl (C=O) groups is 2. The summed E-state index contributed by atoms with van der Waals surface area (Å²) in [4.78, 5) is 27.6. The highest BCUT2D eigenvalue weighted by molar-refractivity contribution is 6.30. The SMILES string of the molecule is C[C@@H](C(=O)NC1CCCC1)N(Cc1ccc(Cl)cc1)C(=O)CCCOc1ccc(Cl)cc1. The number of halogens is 2. The predicted octanol–water partition coefficient (Wildman–Crippen LogP) is 5.63. The molecule has 0 bridgehead atoms. The maximum atomic E-state index is 13.1. The lowest BCUT2D eigenvalue weighted by atomic mass is 10.1. The number of nitrogens with one attached hydrogen (secondary N) is 1. The van der Waals surface area contributed by atoms with Crippen LogP contribution in [0.4, 0.5) is 0 Å². The van der Waals surface area contributed by atoms with Gasteiger partial charge in [-0.2, -0.15) is 0 Å². The molecular weight excluding hydrogens is 447 g/mol. The largest absolute Gasteiger partial charge is 0.494 e. The van der Waals surface area contributed by atoms with E-state index in [1.54, 1.807) is 48.2 Å². The fourth-order valence-electron chi connectivity index (χ4n) is 3.85. The van der Waals surface area contributed by atoms with Crippen molar-refractivity contribution in [3.05, 3.63) is 64.1 Å². The molecule has 0 aromatic heterocycles. The van der Waals surface area contributed by atoms with Gasteiger partial charge in [-0.05, 0) is 68.1 Å². The number of rotatable bonds is 10. The van der Waals surface area contributed by atoms with E-state index in [1.165, 1.54) is 0 Å². The molecule has 2 aromatic rings. The first-order valence-corrected chi connectivity index (χ1v) is 11.9. The maximum absolute atomic E-state index is 13.1. The quantitative estimate of drug-likeness (QED) is 0.452. The first-order valence-electron chi connectivity index (χ1n) is 11.1. The summed E-state index contributed by atoms with van der Waals surface area (Å²) in [5.74, 6) is 0.537. The molecule has 0 unspecified atom stereocenters. The van der Waals surface area contributed by atoms with E-state index in [1.807, 2.05) is 12.1 Å². The zero-order valence-electron chi connectivity index (χ0n) is 18.4. The third-order valence-corrected chi connectivity index (χ3v) is 6.26. The zero-order valence-corrected chi connectivity index (χ0v) is 19.9. The molecule has 0 aliphatic heterocycles. The number of amides is 2. The van der Waals surface area contributed by atoms with Gasteiger partial charge in [-0.15, -0.1) is 0 Å².